The molecule has 0 bridgehead atoms. The first kappa shape index (κ1) is 20.0. The van der Waals surface area contributed by atoms with Crippen molar-refractivity contribution in [1.82, 2.24) is 4.90 Å². The van der Waals surface area contributed by atoms with Gasteiger partial charge in [-0.1, -0.05) is 52.3 Å². The number of halogens is 1. The van der Waals surface area contributed by atoms with Crippen LogP contribution in [0.4, 0.5) is 0 Å². The Labute approximate surface area is 162 Å². The Morgan fingerprint density at radius 1 is 1.04 bits per heavy atom. The Morgan fingerprint density at radius 2 is 1.73 bits per heavy atom. The van der Waals surface area contributed by atoms with Crippen molar-refractivity contribution in [3.8, 4) is 5.75 Å². The normalized spacial score (nSPS) is 10.2. The van der Waals surface area contributed by atoms with Crippen LogP contribution < -0.4 is 4.74 Å². The van der Waals surface area contributed by atoms with E-state index in [2.05, 4.69) is 15.9 Å². The molecule has 0 spiro atoms. The predicted octanol–water partition coefficient (Wildman–Crippen LogP) is 3.81. The number of rotatable bonds is 9. The smallest absolute Gasteiger partial charge is 0.306 e. The van der Waals surface area contributed by atoms with E-state index in [-0.39, 0.29) is 18.9 Å². The van der Waals surface area contributed by atoms with Crippen molar-refractivity contribution in [3.05, 3.63) is 64.6 Å². The molecule has 0 aliphatic carbocycles. The van der Waals surface area contributed by atoms with E-state index in [1.807, 2.05) is 54.6 Å². The molecule has 0 aromatic heterocycles. The summed E-state index contributed by atoms with van der Waals surface area (Å²) in [4.78, 5) is 25.4. The summed E-state index contributed by atoms with van der Waals surface area (Å²) in [6.07, 6.45) is 0.753. The van der Waals surface area contributed by atoms with Gasteiger partial charge in [-0.05, 0) is 30.2 Å². The lowest BCUT2D eigenvalue weighted by atomic mass is 10.2. The summed E-state index contributed by atoms with van der Waals surface area (Å²) in [5, 5.41) is 0. The lowest BCUT2D eigenvalue weighted by Gasteiger charge is -2.18. The average Bonchev–Trinajstić information content (AvgIpc) is 2.66. The molecule has 0 N–H and O–H groups in total. The molecular formula is C20H22BrNO4. The molecule has 5 nitrogen and oxygen atoms in total. The van der Waals surface area contributed by atoms with Crippen LogP contribution in [0.25, 0.3) is 0 Å². The van der Waals surface area contributed by atoms with Crippen molar-refractivity contribution in [2.45, 2.75) is 19.4 Å². The van der Waals surface area contributed by atoms with E-state index in [1.165, 1.54) is 4.90 Å². The quantitative estimate of drug-likeness (QED) is 0.457. The van der Waals surface area contributed by atoms with E-state index in [9.17, 15) is 9.59 Å². The number of hydrogen-bond donors (Lipinski definition) is 0. The van der Waals surface area contributed by atoms with Crippen molar-refractivity contribution in [1.29, 1.82) is 0 Å². The van der Waals surface area contributed by atoms with Crippen molar-refractivity contribution in [2.75, 3.05) is 20.3 Å². The Morgan fingerprint density at radius 3 is 2.46 bits per heavy atom. The summed E-state index contributed by atoms with van der Waals surface area (Å²) in [5.41, 5.74) is 0.993. The first-order valence-corrected chi connectivity index (χ1v) is 9.16. The molecule has 0 saturated heterocycles. The van der Waals surface area contributed by atoms with E-state index in [0.29, 0.717) is 19.6 Å². The zero-order chi connectivity index (χ0) is 18.8. The number of para-hydroxylation sites is 1. The van der Waals surface area contributed by atoms with Crippen molar-refractivity contribution in [3.63, 3.8) is 0 Å². The molecule has 2 aromatic rings. The lowest BCUT2D eigenvalue weighted by Crippen LogP contribution is -2.31. The number of carbonyl (C=O) groups is 2. The largest absolute Gasteiger partial charge is 0.494 e. The van der Waals surface area contributed by atoms with Gasteiger partial charge in [-0.3, -0.25) is 9.59 Å². The Hall–Kier alpha value is -2.34. The standard InChI is InChI=1S/C20H22BrNO4/c1-22(14-16-8-5-6-11-18(16)21)19(23)15-26-20(24)12-7-13-25-17-9-3-2-4-10-17/h2-6,8-11H,7,12-15H2,1H3. The number of likely N-dealkylation sites (N-methyl/N-ethyl adjacent to an activating group) is 1. The fourth-order valence-corrected chi connectivity index (χ4v) is 2.63. The van der Waals surface area contributed by atoms with Gasteiger partial charge in [0.2, 0.25) is 0 Å². The van der Waals surface area contributed by atoms with E-state index in [1.54, 1.807) is 7.05 Å². The van der Waals surface area contributed by atoms with Gasteiger partial charge in [0.05, 0.1) is 6.61 Å². The van der Waals surface area contributed by atoms with Crippen LogP contribution in [0.5, 0.6) is 5.75 Å². The molecule has 1 amide bonds. The minimum Gasteiger partial charge on any atom is -0.494 e. The zero-order valence-corrected chi connectivity index (χ0v) is 16.3. The number of hydrogen-bond acceptors (Lipinski definition) is 4. The second kappa shape index (κ2) is 10.6. The highest BCUT2D eigenvalue weighted by Gasteiger charge is 2.13. The predicted molar refractivity (Wildman–Crippen MR) is 103 cm³/mol. The lowest BCUT2D eigenvalue weighted by molar-refractivity contribution is -0.151. The van der Waals surface area contributed by atoms with Crippen LogP contribution in [0, 0.1) is 0 Å². The van der Waals surface area contributed by atoms with Crippen LogP contribution in [-0.4, -0.2) is 37.0 Å². The number of ether oxygens (including phenoxy) is 2. The number of esters is 1. The third-order valence-electron chi connectivity index (χ3n) is 3.68. The minimum absolute atomic E-state index is 0.216. The van der Waals surface area contributed by atoms with Gasteiger partial charge in [0.1, 0.15) is 5.75 Å². The molecule has 2 aromatic carbocycles. The van der Waals surface area contributed by atoms with Crippen LogP contribution in [0.1, 0.15) is 18.4 Å². The maximum Gasteiger partial charge on any atom is 0.306 e. The fourth-order valence-electron chi connectivity index (χ4n) is 2.22. The number of carbonyl (C=O) groups excluding carboxylic acids is 2. The highest BCUT2D eigenvalue weighted by Crippen LogP contribution is 2.17. The molecule has 0 atom stereocenters. The topological polar surface area (TPSA) is 55.8 Å². The van der Waals surface area contributed by atoms with Gasteiger partial charge >= 0.3 is 5.97 Å². The van der Waals surface area contributed by atoms with Crippen molar-refractivity contribution >= 4 is 27.8 Å². The van der Waals surface area contributed by atoms with Crippen LogP contribution >= 0.6 is 15.9 Å². The highest BCUT2D eigenvalue weighted by atomic mass is 79.9. The van der Waals surface area contributed by atoms with Crippen LogP contribution in [-0.2, 0) is 20.9 Å². The second-order valence-corrected chi connectivity index (χ2v) is 6.62. The summed E-state index contributed by atoms with van der Waals surface area (Å²) in [7, 11) is 1.68. The summed E-state index contributed by atoms with van der Waals surface area (Å²) in [5.74, 6) is 0.128. The third kappa shape index (κ3) is 6.88. The summed E-state index contributed by atoms with van der Waals surface area (Å²) in [6, 6.07) is 17.1. The maximum absolute atomic E-state index is 12.1. The van der Waals surface area contributed by atoms with Crippen LogP contribution in [0.3, 0.4) is 0 Å². The molecule has 0 fully saturated rings. The first-order valence-electron chi connectivity index (χ1n) is 8.37. The molecule has 0 saturated carbocycles. The first-order chi connectivity index (χ1) is 12.6. The summed E-state index contributed by atoms with van der Waals surface area (Å²) >= 11 is 3.45. The average molecular weight is 420 g/mol. The summed E-state index contributed by atoms with van der Waals surface area (Å²) < 4.78 is 11.5. The van der Waals surface area contributed by atoms with E-state index < -0.39 is 5.97 Å². The molecule has 0 aliphatic heterocycles. The molecule has 0 heterocycles. The number of nitrogens with zero attached hydrogens (tertiary/aromatic N) is 1. The molecule has 0 unspecified atom stereocenters. The monoisotopic (exact) mass is 419 g/mol. The molecule has 0 aliphatic rings. The van der Waals surface area contributed by atoms with Gasteiger partial charge in [0, 0.05) is 24.5 Å². The molecular weight excluding hydrogens is 398 g/mol. The SMILES string of the molecule is CN(Cc1ccccc1Br)C(=O)COC(=O)CCCOc1ccccc1. The minimum atomic E-state index is -0.399. The molecule has 138 valence electrons. The molecule has 2 rings (SSSR count). The number of benzene rings is 2. The van der Waals surface area contributed by atoms with Crippen molar-refractivity contribution < 1.29 is 19.1 Å². The van der Waals surface area contributed by atoms with Crippen molar-refractivity contribution in [2.24, 2.45) is 0 Å². The van der Waals surface area contributed by atoms with Crippen LogP contribution in [0.2, 0.25) is 0 Å². The second-order valence-electron chi connectivity index (χ2n) is 5.77. The highest BCUT2D eigenvalue weighted by molar-refractivity contribution is 9.10. The Bertz CT molecular complexity index is 721. The van der Waals surface area contributed by atoms with Crippen LogP contribution in [0.15, 0.2) is 59.1 Å². The van der Waals surface area contributed by atoms with Gasteiger partial charge in [-0.25, -0.2) is 0 Å². The molecule has 6 heteroatoms. The molecule has 26 heavy (non-hydrogen) atoms. The van der Waals surface area contributed by atoms with E-state index in [0.717, 1.165) is 15.8 Å². The Kier molecular flexibility index (Phi) is 8.15. The van der Waals surface area contributed by atoms with Gasteiger partial charge in [-0.15, -0.1) is 0 Å². The van der Waals surface area contributed by atoms with Gasteiger partial charge < -0.3 is 14.4 Å². The van der Waals surface area contributed by atoms with E-state index >= 15 is 0 Å². The van der Waals surface area contributed by atoms with Gasteiger partial charge in [0.15, 0.2) is 6.61 Å². The van der Waals surface area contributed by atoms with E-state index in [4.69, 9.17) is 9.47 Å². The Balaban J connectivity index is 1.63. The third-order valence-corrected chi connectivity index (χ3v) is 4.46. The molecule has 0 radical (unpaired) electrons. The maximum atomic E-state index is 12.1. The van der Waals surface area contributed by atoms with Gasteiger partial charge in [-0.2, -0.15) is 0 Å². The fraction of sp³-hybridized carbons (Fsp3) is 0.300. The zero-order valence-electron chi connectivity index (χ0n) is 14.7. The van der Waals surface area contributed by atoms with Gasteiger partial charge in [0.25, 0.3) is 5.91 Å². The number of amides is 1. The summed E-state index contributed by atoms with van der Waals surface area (Å²) in [6.45, 7) is 0.622.